The van der Waals surface area contributed by atoms with Gasteiger partial charge in [-0.15, -0.1) is 0 Å². The Kier molecular flexibility index (Phi) is 2.12. The van der Waals surface area contributed by atoms with Crippen LogP contribution < -0.4 is 11.3 Å². The number of hydrogen-bond acceptors (Lipinski definition) is 4. The van der Waals surface area contributed by atoms with Gasteiger partial charge in [0.25, 0.3) is 11.6 Å². The summed E-state index contributed by atoms with van der Waals surface area (Å²) >= 11 is 0. The van der Waals surface area contributed by atoms with Gasteiger partial charge in [0.15, 0.2) is 0 Å². The lowest BCUT2D eigenvalue weighted by Crippen LogP contribution is -2.18. The average molecular weight is 219 g/mol. The minimum absolute atomic E-state index is 0.243. The predicted molar refractivity (Wildman–Crippen MR) is 57.2 cm³/mol. The monoisotopic (exact) mass is 219 g/mol. The number of aromatic nitrogens is 2. The van der Waals surface area contributed by atoms with Crippen molar-refractivity contribution < 1.29 is 9.90 Å². The highest BCUT2D eigenvalue weighted by atomic mass is 16.3. The number of nitrogens with two attached hydrogens (primary N) is 1. The summed E-state index contributed by atoms with van der Waals surface area (Å²) in [5.41, 5.74) is 5.21. The van der Waals surface area contributed by atoms with E-state index in [1.54, 1.807) is 0 Å². The molecule has 6 nitrogen and oxygen atoms in total. The van der Waals surface area contributed by atoms with Crippen LogP contribution in [0.5, 0.6) is 6.01 Å². The molecule has 6 heteroatoms. The average Bonchev–Trinajstić information content (AvgIpc) is 2.25. The second kappa shape index (κ2) is 3.34. The molecule has 0 aliphatic heterocycles. The first-order valence-corrected chi connectivity index (χ1v) is 4.50. The van der Waals surface area contributed by atoms with E-state index in [1.165, 1.54) is 25.2 Å². The Bertz CT molecular complexity index is 646. The minimum atomic E-state index is -0.608. The first-order chi connectivity index (χ1) is 7.50. The zero-order chi connectivity index (χ0) is 11.9. The van der Waals surface area contributed by atoms with Crippen LogP contribution in [0.15, 0.2) is 23.0 Å². The predicted octanol–water partition coefficient (Wildman–Crippen LogP) is -0.262. The molecule has 1 heterocycles. The fourth-order valence-corrected chi connectivity index (χ4v) is 1.41. The van der Waals surface area contributed by atoms with Gasteiger partial charge >= 0.3 is 0 Å². The Hall–Kier alpha value is -2.37. The van der Waals surface area contributed by atoms with Crippen molar-refractivity contribution in [2.24, 2.45) is 12.8 Å². The zero-order valence-electron chi connectivity index (χ0n) is 8.47. The van der Waals surface area contributed by atoms with Crippen molar-refractivity contribution in [2.45, 2.75) is 0 Å². The molecule has 82 valence electrons. The number of aromatic hydroxyl groups is 1. The fourth-order valence-electron chi connectivity index (χ4n) is 1.41. The molecule has 0 fully saturated rings. The maximum Gasteiger partial charge on any atom is 0.296 e. The van der Waals surface area contributed by atoms with Gasteiger partial charge in [-0.3, -0.25) is 14.2 Å². The quantitative estimate of drug-likeness (QED) is 0.690. The third kappa shape index (κ3) is 1.40. The highest BCUT2D eigenvalue weighted by Gasteiger charge is 2.09. The maximum atomic E-state index is 11.7. The Balaban J connectivity index is 2.86. The summed E-state index contributed by atoms with van der Waals surface area (Å²) in [6, 6.07) is 3.88. The van der Waals surface area contributed by atoms with Crippen molar-refractivity contribution in [1.29, 1.82) is 0 Å². The molecular formula is C10H9N3O3. The summed E-state index contributed by atoms with van der Waals surface area (Å²) in [5.74, 6) is -0.608. The van der Waals surface area contributed by atoms with Crippen LogP contribution in [-0.4, -0.2) is 20.6 Å². The fraction of sp³-hybridized carbons (Fsp3) is 0.100. The molecule has 3 N–H and O–H groups in total. The van der Waals surface area contributed by atoms with E-state index in [-0.39, 0.29) is 16.6 Å². The van der Waals surface area contributed by atoms with Crippen molar-refractivity contribution >= 4 is 16.8 Å². The smallest absolute Gasteiger partial charge is 0.296 e. The van der Waals surface area contributed by atoms with Crippen LogP contribution in [0.2, 0.25) is 0 Å². The molecule has 2 rings (SSSR count). The summed E-state index contributed by atoms with van der Waals surface area (Å²) in [5, 5.41) is 9.69. The highest BCUT2D eigenvalue weighted by Crippen LogP contribution is 2.12. The van der Waals surface area contributed by atoms with Gasteiger partial charge in [-0.05, 0) is 18.2 Å². The van der Waals surface area contributed by atoms with Crippen molar-refractivity contribution in [2.75, 3.05) is 0 Å². The first kappa shape index (κ1) is 10.2. The first-order valence-electron chi connectivity index (χ1n) is 4.50. The number of primary amides is 1. The van der Waals surface area contributed by atoms with Gasteiger partial charge in [0.1, 0.15) is 0 Å². The van der Waals surface area contributed by atoms with Crippen molar-refractivity contribution in [1.82, 2.24) is 9.55 Å². The number of carbonyl (C=O) groups is 1. The summed E-state index contributed by atoms with van der Waals surface area (Å²) < 4.78 is 1.02. The topological polar surface area (TPSA) is 98.2 Å². The summed E-state index contributed by atoms with van der Waals surface area (Å²) in [4.78, 5) is 26.4. The van der Waals surface area contributed by atoms with Gasteiger partial charge in [0.2, 0.25) is 5.91 Å². The van der Waals surface area contributed by atoms with Gasteiger partial charge < -0.3 is 10.8 Å². The van der Waals surface area contributed by atoms with E-state index in [2.05, 4.69) is 4.98 Å². The molecule has 0 radical (unpaired) electrons. The third-order valence-corrected chi connectivity index (χ3v) is 2.34. The van der Waals surface area contributed by atoms with E-state index >= 15 is 0 Å². The van der Waals surface area contributed by atoms with Gasteiger partial charge in [-0.25, -0.2) is 0 Å². The van der Waals surface area contributed by atoms with Crippen LogP contribution in [0.3, 0.4) is 0 Å². The van der Waals surface area contributed by atoms with Gasteiger partial charge in [0.05, 0.1) is 10.9 Å². The Morgan fingerprint density at radius 1 is 1.50 bits per heavy atom. The number of hydrogen-bond donors (Lipinski definition) is 2. The molecule has 1 aromatic carbocycles. The van der Waals surface area contributed by atoms with E-state index < -0.39 is 11.9 Å². The van der Waals surface area contributed by atoms with Gasteiger partial charge in [0, 0.05) is 12.6 Å². The molecule has 0 bridgehead atoms. The Morgan fingerprint density at radius 3 is 2.81 bits per heavy atom. The number of benzene rings is 1. The summed E-state index contributed by atoms with van der Waals surface area (Å²) in [6.45, 7) is 0. The van der Waals surface area contributed by atoms with E-state index in [0.717, 1.165) is 4.57 Å². The van der Waals surface area contributed by atoms with Crippen molar-refractivity contribution in [3.8, 4) is 6.01 Å². The lowest BCUT2D eigenvalue weighted by atomic mass is 10.1. The number of carbonyl (C=O) groups excluding carboxylic acids is 1. The van der Waals surface area contributed by atoms with Gasteiger partial charge in [-0.2, -0.15) is 4.98 Å². The summed E-state index contributed by atoms with van der Waals surface area (Å²) in [7, 11) is 1.41. The van der Waals surface area contributed by atoms with Crippen LogP contribution in [0, 0.1) is 0 Å². The van der Waals surface area contributed by atoms with Crippen LogP contribution in [0.4, 0.5) is 0 Å². The van der Waals surface area contributed by atoms with E-state index in [0.29, 0.717) is 5.39 Å². The molecule has 0 atom stereocenters. The normalized spacial score (nSPS) is 10.6. The molecule has 1 amide bonds. The lowest BCUT2D eigenvalue weighted by molar-refractivity contribution is 0.100. The van der Waals surface area contributed by atoms with Gasteiger partial charge in [-0.1, -0.05) is 0 Å². The second-order valence-corrected chi connectivity index (χ2v) is 3.37. The van der Waals surface area contributed by atoms with Crippen molar-refractivity contribution in [3.05, 3.63) is 34.1 Å². The standard InChI is InChI=1S/C10H9N3O3/c1-13-9(15)6-3-2-5(8(11)14)4-7(6)12-10(13)16/h2-4H,1H3,(H2,11,14)(H,12,16). The highest BCUT2D eigenvalue weighted by molar-refractivity contribution is 5.96. The second-order valence-electron chi connectivity index (χ2n) is 3.37. The molecule has 16 heavy (non-hydrogen) atoms. The molecule has 0 aliphatic carbocycles. The Labute approximate surface area is 89.9 Å². The Morgan fingerprint density at radius 2 is 2.19 bits per heavy atom. The zero-order valence-corrected chi connectivity index (χ0v) is 8.47. The van der Waals surface area contributed by atoms with E-state index in [1.807, 2.05) is 0 Å². The number of fused-ring (bicyclic) bond motifs is 1. The SMILES string of the molecule is Cn1c(O)nc2cc(C(N)=O)ccc2c1=O. The number of rotatable bonds is 1. The van der Waals surface area contributed by atoms with E-state index in [4.69, 9.17) is 5.73 Å². The molecule has 0 saturated carbocycles. The molecule has 0 spiro atoms. The largest absolute Gasteiger partial charge is 0.480 e. The molecule has 0 unspecified atom stereocenters. The maximum absolute atomic E-state index is 11.7. The van der Waals surface area contributed by atoms with Crippen LogP contribution >= 0.6 is 0 Å². The molecule has 2 aromatic rings. The molecule has 0 aliphatic rings. The molecule has 0 saturated heterocycles. The number of amides is 1. The molecular weight excluding hydrogens is 210 g/mol. The van der Waals surface area contributed by atoms with E-state index in [9.17, 15) is 14.7 Å². The van der Waals surface area contributed by atoms with Crippen LogP contribution in [0.25, 0.3) is 10.9 Å². The summed E-state index contributed by atoms with van der Waals surface area (Å²) in [6.07, 6.45) is 0. The lowest BCUT2D eigenvalue weighted by Gasteiger charge is -2.04. The molecule has 1 aromatic heterocycles. The number of nitrogens with zero attached hydrogens (tertiary/aromatic N) is 2. The van der Waals surface area contributed by atoms with Crippen molar-refractivity contribution in [3.63, 3.8) is 0 Å². The third-order valence-electron chi connectivity index (χ3n) is 2.34. The van der Waals surface area contributed by atoms with Crippen LogP contribution in [0.1, 0.15) is 10.4 Å². The van der Waals surface area contributed by atoms with Crippen LogP contribution in [-0.2, 0) is 7.05 Å². The minimum Gasteiger partial charge on any atom is -0.480 e.